The predicted octanol–water partition coefficient (Wildman–Crippen LogP) is 2.66. The molecule has 0 radical (unpaired) electrons. The van der Waals surface area contributed by atoms with E-state index in [1.807, 2.05) is 24.0 Å². The van der Waals surface area contributed by atoms with Gasteiger partial charge in [0.05, 0.1) is 10.6 Å². The molecule has 0 atom stereocenters. The summed E-state index contributed by atoms with van der Waals surface area (Å²) in [6, 6.07) is 7.56. The maximum Gasteiger partial charge on any atom is 0.222 e. The van der Waals surface area contributed by atoms with Crippen LogP contribution < -0.4 is 4.90 Å². The molecule has 5 heteroatoms. The third-order valence-electron chi connectivity index (χ3n) is 3.59. The molecule has 1 heterocycles. The number of carbonyl (C=O) groups is 1. The summed E-state index contributed by atoms with van der Waals surface area (Å²) in [7, 11) is 0. The van der Waals surface area contributed by atoms with Crippen molar-refractivity contribution in [1.82, 2.24) is 4.90 Å². The van der Waals surface area contributed by atoms with Gasteiger partial charge in [-0.05, 0) is 24.6 Å². The van der Waals surface area contributed by atoms with Crippen LogP contribution in [-0.4, -0.2) is 37.0 Å². The van der Waals surface area contributed by atoms with Gasteiger partial charge in [0.15, 0.2) is 0 Å². The number of rotatable bonds is 2. The number of halogens is 1. The summed E-state index contributed by atoms with van der Waals surface area (Å²) in [5, 5.41) is 9.38. The Morgan fingerprint density at radius 2 is 2.15 bits per heavy atom. The lowest BCUT2D eigenvalue weighted by Crippen LogP contribution is -2.34. The quantitative estimate of drug-likeness (QED) is 0.841. The van der Waals surface area contributed by atoms with Crippen LogP contribution in [0.2, 0.25) is 5.02 Å². The molecule has 1 fully saturated rings. The van der Waals surface area contributed by atoms with Crippen LogP contribution in [0.3, 0.4) is 0 Å². The third kappa shape index (κ3) is 3.23. The maximum absolute atomic E-state index is 11.8. The lowest BCUT2D eigenvalue weighted by atomic mass is 10.2. The molecule has 106 valence electrons. The summed E-state index contributed by atoms with van der Waals surface area (Å²) in [6.07, 6.45) is 1.51. The van der Waals surface area contributed by atoms with Crippen molar-refractivity contribution in [2.75, 3.05) is 31.1 Å². The summed E-state index contributed by atoms with van der Waals surface area (Å²) < 4.78 is 0. The molecule has 0 N–H and O–H groups in total. The number of nitrogens with zero attached hydrogens (tertiary/aromatic N) is 3. The Morgan fingerprint density at radius 1 is 1.35 bits per heavy atom. The predicted molar refractivity (Wildman–Crippen MR) is 79.9 cm³/mol. The molecule has 1 saturated heterocycles. The number of carbonyl (C=O) groups excluding carboxylic acids is 1. The van der Waals surface area contributed by atoms with Crippen LogP contribution in [0.4, 0.5) is 5.69 Å². The first kappa shape index (κ1) is 14.7. The van der Waals surface area contributed by atoms with Gasteiger partial charge < -0.3 is 9.80 Å². The fourth-order valence-corrected chi connectivity index (χ4v) is 2.66. The van der Waals surface area contributed by atoms with Crippen LogP contribution in [0, 0.1) is 11.3 Å². The van der Waals surface area contributed by atoms with Gasteiger partial charge in [0, 0.05) is 38.3 Å². The number of hydrogen-bond acceptors (Lipinski definition) is 3. The summed E-state index contributed by atoms with van der Waals surface area (Å²) in [5.41, 5.74) is 1.51. The smallest absolute Gasteiger partial charge is 0.222 e. The molecule has 1 aromatic rings. The Labute approximate surface area is 124 Å². The van der Waals surface area contributed by atoms with Crippen molar-refractivity contribution in [1.29, 1.82) is 5.26 Å². The maximum atomic E-state index is 11.8. The van der Waals surface area contributed by atoms with E-state index in [0.29, 0.717) is 17.0 Å². The molecular weight excluding hydrogens is 274 g/mol. The van der Waals surface area contributed by atoms with Crippen molar-refractivity contribution in [2.45, 2.75) is 19.8 Å². The highest BCUT2D eigenvalue weighted by atomic mass is 35.5. The molecule has 0 spiro atoms. The molecule has 0 bridgehead atoms. The highest BCUT2D eigenvalue weighted by Crippen LogP contribution is 2.24. The third-order valence-corrected chi connectivity index (χ3v) is 3.90. The van der Waals surface area contributed by atoms with Crippen molar-refractivity contribution in [2.24, 2.45) is 0 Å². The molecule has 1 aromatic carbocycles. The first-order valence-electron chi connectivity index (χ1n) is 6.88. The number of nitriles is 1. The van der Waals surface area contributed by atoms with Gasteiger partial charge in [0.1, 0.15) is 6.07 Å². The summed E-state index contributed by atoms with van der Waals surface area (Å²) in [5.74, 6) is 0.213. The van der Waals surface area contributed by atoms with Crippen LogP contribution in [-0.2, 0) is 4.79 Å². The average Bonchev–Trinajstić information content (AvgIpc) is 2.72. The van der Waals surface area contributed by atoms with E-state index in [2.05, 4.69) is 11.0 Å². The minimum absolute atomic E-state index is 0.213. The normalized spacial score (nSPS) is 15.7. The first-order valence-corrected chi connectivity index (χ1v) is 7.26. The largest absolute Gasteiger partial charge is 0.370 e. The standard InChI is InChI=1S/C15H18ClN3O/c1-2-15(20)19-7-3-6-18(8-9-19)13-5-4-12(11-17)14(16)10-13/h4-5,10H,2-3,6-9H2,1H3. The Kier molecular flexibility index (Phi) is 4.86. The summed E-state index contributed by atoms with van der Waals surface area (Å²) >= 11 is 6.08. The molecule has 1 aliphatic heterocycles. The highest BCUT2D eigenvalue weighted by Gasteiger charge is 2.18. The minimum atomic E-state index is 0.213. The monoisotopic (exact) mass is 291 g/mol. The molecule has 0 unspecified atom stereocenters. The average molecular weight is 292 g/mol. The van der Waals surface area contributed by atoms with Gasteiger partial charge >= 0.3 is 0 Å². The molecule has 1 amide bonds. The fraction of sp³-hybridized carbons (Fsp3) is 0.467. The number of anilines is 1. The zero-order valence-electron chi connectivity index (χ0n) is 11.6. The van der Waals surface area contributed by atoms with E-state index in [-0.39, 0.29) is 5.91 Å². The Morgan fingerprint density at radius 3 is 2.80 bits per heavy atom. The molecule has 20 heavy (non-hydrogen) atoms. The van der Waals surface area contributed by atoms with Crippen LogP contribution in [0.1, 0.15) is 25.3 Å². The van der Waals surface area contributed by atoms with E-state index in [9.17, 15) is 4.79 Å². The first-order chi connectivity index (χ1) is 9.65. The summed E-state index contributed by atoms with van der Waals surface area (Å²) in [4.78, 5) is 15.9. The Bertz CT molecular complexity index is 538. The second-order valence-electron chi connectivity index (χ2n) is 4.85. The van der Waals surface area contributed by atoms with Crippen LogP contribution in [0.15, 0.2) is 18.2 Å². The van der Waals surface area contributed by atoms with E-state index < -0.39 is 0 Å². The zero-order chi connectivity index (χ0) is 14.5. The molecule has 0 aliphatic carbocycles. The van der Waals surface area contributed by atoms with Gasteiger partial charge in [-0.2, -0.15) is 5.26 Å². The molecule has 0 aromatic heterocycles. The highest BCUT2D eigenvalue weighted by molar-refractivity contribution is 6.32. The number of amides is 1. The lowest BCUT2D eigenvalue weighted by Gasteiger charge is -2.24. The fourth-order valence-electron chi connectivity index (χ4n) is 2.44. The lowest BCUT2D eigenvalue weighted by molar-refractivity contribution is -0.130. The van der Waals surface area contributed by atoms with E-state index in [1.54, 1.807) is 6.07 Å². The van der Waals surface area contributed by atoms with Gasteiger partial charge in [-0.25, -0.2) is 0 Å². The van der Waals surface area contributed by atoms with Crippen molar-refractivity contribution in [3.63, 3.8) is 0 Å². The number of benzene rings is 1. The number of hydrogen-bond donors (Lipinski definition) is 0. The molecule has 1 aliphatic rings. The second-order valence-corrected chi connectivity index (χ2v) is 5.26. The van der Waals surface area contributed by atoms with Crippen LogP contribution >= 0.6 is 11.6 Å². The molecular formula is C15H18ClN3O. The van der Waals surface area contributed by atoms with Crippen molar-refractivity contribution >= 4 is 23.2 Å². The van der Waals surface area contributed by atoms with Gasteiger partial charge in [-0.1, -0.05) is 18.5 Å². The molecule has 2 rings (SSSR count). The SMILES string of the molecule is CCC(=O)N1CCCN(c2ccc(C#N)c(Cl)c2)CC1. The van der Waals surface area contributed by atoms with Gasteiger partial charge in [-0.3, -0.25) is 4.79 Å². The molecule has 0 saturated carbocycles. The second kappa shape index (κ2) is 6.62. The summed E-state index contributed by atoms with van der Waals surface area (Å²) in [6.45, 7) is 5.15. The van der Waals surface area contributed by atoms with E-state index in [4.69, 9.17) is 16.9 Å². The van der Waals surface area contributed by atoms with Gasteiger partial charge in [0.25, 0.3) is 0 Å². The van der Waals surface area contributed by atoms with E-state index >= 15 is 0 Å². The van der Waals surface area contributed by atoms with Crippen molar-refractivity contribution in [3.8, 4) is 6.07 Å². The topological polar surface area (TPSA) is 47.3 Å². The van der Waals surface area contributed by atoms with E-state index in [1.165, 1.54) is 0 Å². The van der Waals surface area contributed by atoms with E-state index in [0.717, 1.165) is 38.3 Å². The van der Waals surface area contributed by atoms with Crippen molar-refractivity contribution in [3.05, 3.63) is 28.8 Å². The Balaban J connectivity index is 2.09. The van der Waals surface area contributed by atoms with Gasteiger partial charge in [0.2, 0.25) is 5.91 Å². The minimum Gasteiger partial charge on any atom is -0.370 e. The van der Waals surface area contributed by atoms with Gasteiger partial charge in [-0.15, -0.1) is 0 Å². The van der Waals surface area contributed by atoms with Crippen LogP contribution in [0.25, 0.3) is 0 Å². The Hall–Kier alpha value is -1.73. The molecule has 4 nitrogen and oxygen atoms in total. The van der Waals surface area contributed by atoms with Crippen LogP contribution in [0.5, 0.6) is 0 Å². The zero-order valence-corrected chi connectivity index (χ0v) is 12.4. The van der Waals surface area contributed by atoms with Crippen molar-refractivity contribution < 1.29 is 4.79 Å².